The van der Waals surface area contributed by atoms with E-state index in [-0.39, 0.29) is 6.04 Å². The van der Waals surface area contributed by atoms with Crippen molar-refractivity contribution in [1.29, 1.82) is 0 Å². The molecule has 2 atom stereocenters. The normalized spacial score (nSPS) is 23.6. The minimum atomic E-state index is -0.401. The number of aromatic nitrogens is 3. The summed E-state index contributed by atoms with van der Waals surface area (Å²) in [5.41, 5.74) is 0. The van der Waals surface area contributed by atoms with Crippen molar-refractivity contribution in [2.24, 2.45) is 0 Å². The summed E-state index contributed by atoms with van der Waals surface area (Å²) in [4.78, 5) is 20.3. The second kappa shape index (κ2) is 8.70. The zero-order chi connectivity index (χ0) is 19.3. The van der Waals surface area contributed by atoms with Gasteiger partial charge in [-0.15, -0.1) is 0 Å². The van der Waals surface area contributed by atoms with Crippen molar-refractivity contribution < 1.29 is 5.11 Å². The van der Waals surface area contributed by atoms with Gasteiger partial charge < -0.3 is 20.2 Å². The fourth-order valence-corrected chi connectivity index (χ4v) is 4.13. The van der Waals surface area contributed by atoms with Crippen LogP contribution in [0.2, 0.25) is 0 Å². The van der Waals surface area contributed by atoms with Crippen LogP contribution in [0.3, 0.4) is 0 Å². The van der Waals surface area contributed by atoms with E-state index in [1.807, 2.05) is 31.3 Å². The van der Waals surface area contributed by atoms with Gasteiger partial charge in [-0.3, -0.25) is 4.90 Å². The topological polar surface area (TPSA) is 80.7 Å². The third-order valence-electron chi connectivity index (χ3n) is 5.59. The summed E-state index contributed by atoms with van der Waals surface area (Å²) in [6.45, 7) is 8.08. The van der Waals surface area contributed by atoms with Crippen LogP contribution in [0.25, 0.3) is 0 Å². The lowest BCUT2D eigenvalue weighted by molar-refractivity contribution is 0.0334. The molecule has 0 spiro atoms. The van der Waals surface area contributed by atoms with E-state index in [0.29, 0.717) is 12.5 Å². The molecule has 2 saturated heterocycles. The number of aliphatic hydroxyl groups excluding tert-OH is 1. The summed E-state index contributed by atoms with van der Waals surface area (Å²) >= 11 is 0. The second-order valence-corrected chi connectivity index (χ2v) is 7.35. The Bertz CT molecular complexity index is 751. The van der Waals surface area contributed by atoms with Gasteiger partial charge in [-0.2, -0.15) is 4.98 Å². The smallest absolute Gasteiger partial charge is 0.227 e. The van der Waals surface area contributed by atoms with Gasteiger partial charge in [-0.05, 0) is 31.5 Å². The van der Waals surface area contributed by atoms with Crippen LogP contribution >= 0.6 is 0 Å². The predicted molar refractivity (Wildman–Crippen MR) is 111 cm³/mol. The molecule has 0 saturated carbocycles. The largest absolute Gasteiger partial charge is 0.390 e. The summed E-state index contributed by atoms with van der Waals surface area (Å²) in [6.07, 6.45) is 4.13. The van der Waals surface area contributed by atoms with Crippen molar-refractivity contribution in [2.45, 2.75) is 25.5 Å². The number of rotatable bonds is 5. The zero-order valence-corrected chi connectivity index (χ0v) is 16.4. The lowest BCUT2D eigenvalue weighted by Gasteiger charge is -2.45. The van der Waals surface area contributed by atoms with Gasteiger partial charge in [-0.1, -0.05) is 6.07 Å². The lowest BCUT2D eigenvalue weighted by atomic mass is 9.99. The Morgan fingerprint density at radius 3 is 2.61 bits per heavy atom. The standard InChI is InChI=1S/C20H29N7O/c1-2-21-18-6-9-23-20(24-18)27-10-7-16(17(28)15-27)25-11-13-26(14-12-25)19-5-3-4-8-22-19/h3-6,8-9,16-17,28H,2,7,10-15H2,1H3,(H,21,23,24)/t16-,17-/m1/s1. The van der Waals surface area contributed by atoms with Crippen LogP contribution in [0.1, 0.15) is 13.3 Å². The van der Waals surface area contributed by atoms with E-state index in [4.69, 9.17) is 0 Å². The molecule has 0 bridgehead atoms. The average Bonchev–Trinajstić information content (AvgIpc) is 2.75. The molecule has 4 rings (SSSR count). The van der Waals surface area contributed by atoms with Crippen molar-refractivity contribution in [3.8, 4) is 0 Å². The Morgan fingerprint density at radius 2 is 1.89 bits per heavy atom. The number of nitrogens with one attached hydrogen (secondary N) is 1. The summed E-state index contributed by atoms with van der Waals surface area (Å²) in [6, 6.07) is 8.10. The van der Waals surface area contributed by atoms with E-state index in [1.165, 1.54) is 0 Å². The number of β-amino-alcohol motifs (C(OH)–C–C–N with tert-alkyl or cyclic N) is 1. The number of hydrogen-bond donors (Lipinski definition) is 2. The quantitative estimate of drug-likeness (QED) is 0.794. The van der Waals surface area contributed by atoms with Crippen LogP contribution in [0.4, 0.5) is 17.6 Å². The maximum atomic E-state index is 10.8. The Morgan fingerprint density at radius 1 is 1.04 bits per heavy atom. The van der Waals surface area contributed by atoms with Gasteiger partial charge in [0.15, 0.2) is 0 Å². The fraction of sp³-hybridized carbons (Fsp3) is 0.550. The van der Waals surface area contributed by atoms with Crippen LogP contribution in [-0.4, -0.2) is 82.9 Å². The lowest BCUT2D eigenvalue weighted by Crippen LogP contribution is -2.59. The monoisotopic (exact) mass is 383 g/mol. The van der Waals surface area contributed by atoms with Gasteiger partial charge in [0.2, 0.25) is 5.95 Å². The highest BCUT2D eigenvalue weighted by Gasteiger charge is 2.34. The number of piperazine rings is 1. The first-order chi connectivity index (χ1) is 13.7. The van der Waals surface area contributed by atoms with Crippen molar-refractivity contribution >= 4 is 17.6 Å². The Hall–Kier alpha value is -2.45. The maximum absolute atomic E-state index is 10.8. The van der Waals surface area contributed by atoms with Crippen LogP contribution in [-0.2, 0) is 0 Å². The van der Waals surface area contributed by atoms with Gasteiger partial charge >= 0.3 is 0 Å². The third-order valence-corrected chi connectivity index (χ3v) is 5.59. The summed E-state index contributed by atoms with van der Waals surface area (Å²) in [5.74, 6) is 2.56. The van der Waals surface area contributed by atoms with Gasteiger partial charge in [0.1, 0.15) is 11.6 Å². The van der Waals surface area contributed by atoms with E-state index >= 15 is 0 Å². The highest BCUT2D eigenvalue weighted by molar-refractivity contribution is 5.42. The third kappa shape index (κ3) is 4.18. The number of nitrogens with zero attached hydrogens (tertiary/aromatic N) is 6. The highest BCUT2D eigenvalue weighted by atomic mass is 16.3. The zero-order valence-electron chi connectivity index (χ0n) is 16.4. The van der Waals surface area contributed by atoms with Crippen molar-refractivity contribution in [2.75, 3.05) is 60.9 Å². The molecule has 2 aromatic heterocycles. The maximum Gasteiger partial charge on any atom is 0.227 e. The SMILES string of the molecule is CCNc1ccnc(N2CC[C@@H](N3CCN(c4ccccn4)CC3)[C@H](O)C2)n1. The van der Waals surface area contributed by atoms with Gasteiger partial charge in [0.25, 0.3) is 0 Å². The molecule has 28 heavy (non-hydrogen) atoms. The molecule has 8 heteroatoms. The average molecular weight is 384 g/mol. The van der Waals surface area contributed by atoms with Gasteiger partial charge in [0.05, 0.1) is 6.10 Å². The molecule has 2 aliphatic rings. The molecule has 2 aromatic rings. The molecule has 8 nitrogen and oxygen atoms in total. The molecule has 0 radical (unpaired) electrons. The minimum absolute atomic E-state index is 0.194. The molecule has 2 aliphatic heterocycles. The Balaban J connectivity index is 1.33. The van der Waals surface area contributed by atoms with Crippen LogP contribution in [0.5, 0.6) is 0 Å². The molecular formula is C20H29N7O. The first-order valence-electron chi connectivity index (χ1n) is 10.1. The van der Waals surface area contributed by atoms with E-state index in [2.05, 4.69) is 41.0 Å². The molecule has 0 unspecified atom stereocenters. The molecule has 2 fully saturated rings. The Labute approximate surface area is 166 Å². The van der Waals surface area contributed by atoms with Crippen molar-refractivity contribution in [1.82, 2.24) is 19.9 Å². The number of hydrogen-bond acceptors (Lipinski definition) is 8. The molecular weight excluding hydrogens is 354 g/mol. The van der Waals surface area contributed by atoms with Crippen molar-refractivity contribution in [3.63, 3.8) is 0 Å². The second-order valence-electron chi connectivity index (χ2n) is 7.35. The fourth-order valence-electron chi connectivity index (χ4n) is 4.13. The number of aliphatic hydroxyl groups is 1. The van der Waals surface area contributed by atoms with E-state index in [0.717, 1.165) is 57.3 Å². The van der Waals surface area contributed by atoms with E-state index in [9.17, 15) is 5.11 Å². The minimum Gasteiger partial charge on any atom is -0.390 e. The van der Waals surface area contributed by atoms with E-state index < -0.39 is 6.10 Å². The Kier molecular flexibility index (Phi) is 5.87. The van der Waals surface area contributed by atoms with Crippen LogP contribution in [0.15, 0.2) is 36.7 Å². The first kappa shape index (κ1) is 18.9. The highest BCUT2D eigenvalue weighted by Crippen LogP contribution is 2.23. The molecule has 0 aliphatic carbocycles. The van der Waals surface area contributed by atoms with E-state index in [1.54, 1.807) is 6.20 Å². The van der Waals surface area contributed by atoms with Crippen LogP contribution in [0, 0.1) is 0 Å². The van der Waals surface area contributed by atoms with Gasteiger partial charge in [-0.25, -0.2) is 9.97 Å². The predicted octanol–water partition coefficient (Wildman–Crippen LogP) is 1.07. The summed E-state index contributed by atoms with van der Waals surface area (Å²) < 4.78 is 0. The summed E-state index contributed by atoms with van der Waals surface area (Å²) in [7, 11) is 0. The van der Waals surface area contributed by atoms with Crippen molar-refractivity contribution in [3.05, 3.63) is 36.7 Å². The summed E-state index contributed by atoms with van der Waals surface area (Å²) in [5, 5.41) is 14.0. The number of anilines is 3. The molecule has 0 amide bonds. The number of pyridine rings is 1. The molecule has 2 N–H and O–H groups in total. The molecule has 4 heterocycles. The molecule has 0 aromatic carbocycles. The van der Waals surface area contributed by atoms with Crippen LogP contribution < -0.4 is 15.1 Å². The van der Waals surface area contributed by atoms with Gasteiger partial charge in [0, 0.05) is 64.2 Å². The first-order valence-corrected chi connectivity index (χ1v) is 10.1. The number of piperidine rings is 1. The molecule has 150 valence electrons.